The van der Waals surface area contributed by atoms with E-state index in [-0.39, 0.29) is 5.91 Å². The second kappa shape index (κ2) is 6.47. The van der Waals surface area contributed by atoms with E-state index in [1.165, 1.54) is 6.42 Å². The fraction of sp³-hybridized carbons (Fsp3) is 0.389. The minimum Gasteiger partial charge on any atom is -0.351 e. The number of hydrogen-bond acceptors (Lipinski definition) is 3. The third-order valence-corrected chi connectivity index (χ3v) is 4.65. The maximum Gasteiger partial charge on any atom is 0.272 e. The number of fused-ring (bicyclic) bond motifs is 2. The van der Waals surface area contributed by atoms with Crippen LogP contribution < -0.4 is 5.32 Å². The van der Waals surface area contributed by atoms with Crippen molar-refractivity contribution < 1.29 is 4.79 Å². The lowest BCUT2D eigenvalue weighted by Crippen LogP contribution is -2.26. The molecule has 0 bridgehead atoms. The normalized spacial score (nSPS) is 13.8. The van der Waals surface area contributed by atoms with Crippen molar-refractivity contribution in [2.24, 2.45) is 0 Å². The Morgan fingerprint density at radius 2 is 2.21 bits per heavy atom. The molecule has 1 aliphatic rings. The number of nitrogens with one attached hydrogen (secondary N) is 2. The molecule has 0 aromatic carbocycles. The van der Waals surface area contributed by atoms with Gasteiger partial charge < -0.3 is 9.72 Å². The molecule has 3 heterocycles. The van der Waals surface area contributed by atoms with Crippen LogP contribution in [0.25, 0.3) is 5.52 Å². The number of carbonyl (C=O) groups excluding carboxylic acids is 1. The second-order valence-corrected chi connectivity index (χ2v) is 6.27. The van der Waals surface area contributed by atoms with Crippen LogP contribution in [0.3, 0.4) is 0 Å². The Morgan fingerprint density at radius 1 is 1.29 bits per heavy atom. The zero-order valence-corrected chi connectivity index (χ0v) is 13.6. The van der Waals surface area contributed by atoms with Crippen molar-refractivity contribution in [2.45, 2.75) is 38.5 Å². The Hall–Kier alpha value is -2.63. The van der Waals surface area contributed by atoms with E-state index in [0.29, 0.717) is 12.2 Å². The van der Waals surface area contributed by atoms with Gasteiger partial charge in [0.25, 0.3) is 5.91 Å². The summed E-state index contributed by atoms with van der Waals surface area (Å²) < 4.78 is 2.09. The lowest BCUT2D eigenvalue weighted by Gasteiger charge is -2.11. The molecule has 0 unspecified atom stereocenters. The van der Waals surface area contributed by atoms with Crippen LogP contribution in [-0.4, -0.2) is 32.0 Å². The maximum atomic E-state index is 12.3. The highest BCUT2D eigenvalue weighted by Gasteiger charge is 2.21. The molecule has 0 saturated heterocycles. The summed E-state index contributed by atoms with van der Waals surface area (Å²) in [5.74, 6) is 0.958. The average molecular weight is 323 g/mol. The molecule has 1 aliphatic carbocycles. The van der Waals surface area contributed by atoms with E-state index in [0.717, 1.165) is 54.7 Å². The number of rotatable bonds is 5. The second-order valence-electron chi connectivity index (χ2n) is 6.27. The lowest BCUT2D eigenvalue weighted by molar-refractivity contribution is 0.0947. The van der Waals surface area contributed by atoms with Gasteiger partial charge in [-0.15, -0.1) is 0 Å². The van der Waals surface area contributed by atoms with Crippen molar-refractivity contribution in [1.29, 1.82) is 0 Å². The molecule has 0 atom stereocenters. The largest absolute Gasteiger partial charge is 0.351 e. The monoisotopic (exact) mass is 323 g/mol. The van der Waals surface area contributed by atoms with Crippen LogP contribution in [0.2, 0.25) is 0 Å². The molecule has 3 aromatic rings. The summed E-state index contributed by atoms with van der Waals surface area (Å²) in [6.45, 7) is 0.627. The lowest BCUT2D eigenvalue weighted by atomic mass is 9.96. The number of carbonyl (C=O) groups is 1. The summed E-state index contributed by atoms with van der Waals surface area (Å²) in [6, 6.07) is 6.05. The first kappa shape index (κ1) is 14.9. The highest BCUT2D eigenvalue weighted by molar-refractivity contribution is 5.94. The van der Waals surface area contributed by atoms with Gasteiger partial charge in [-0.25, -0.2) is 4.98 Å². The number of nitrogens with zero attached hydrogens (tertiary/aromatic N) is 3. The van der Waals surface area contributed by atoms with Crippen LogP contribution in [0.5, 0.6) is 0 Å². The number of hydrogen-bond donors (Lipinski definition) is 2. The van der Waals surface area contributed by atoms with Crippen molar-refractivity contribution in [1.82, 2.24) is 24.9 Å². The number of amides is 1. The summed E-state index contributed by atoms with van der Waals surface area (Å²) in [4.78, 5) is 16.8. The third kappa shape index (κ3) is 2.79. The molecule has 2 N–H and O–H groups in total. The predicted molar refractivity (Wildman–Crippen MR) is 91.1 cm³/mol. The fourth-order valence-electron chi connectivity index (χ4n) is 3.39. The van der Waals surface area contributed by atoms with E-state index in [9.17, 15) is 4.79 Å². The molecule has 0 aliphatic heterocycles. The number of aromatic amines is 1. The maximum absolute atomic E-state index is 12.3. The number of aromatic nitrogens is 4. The number of H-pyrrole nitrogens is 1. The smallest absolute Gasteiger partial charge is 0.272 e. The average Bonchev–Trinajstić information content (AvgIpc) is 3.23. The summed E-state index contributed by atoms with van der Waals surface area (Å²) in [5.41, 5.74) is 3.92. The molecule has 3 aromatic heterocycles. The summed E-state index contributed by atoms with van der Waals surface area (Å²) >= 11 is 0. The molecular formula is C18H21N5O. The van der Waals surface area contributed by atoms with Gasteiger partial charge in [0, 0.05) is 30.4 Å². The predicted octanol–water partition coefficient (Wildman–Crippen LogP) is 2.30. The first-order chi connectivity index (χ1) is 11.8. The van der Waals surface area contributed by atoms with Crippen LogP contribution >= 0.6 is 0 Å². The standard InChI is InChI=1S/C18H21N5O/c24-18(17-14-7-1-2-8-15(14)21-22-17)19-10-5-9-16-20-12-13-6-3-4-11-23(13)16/h3-4,6,11-12H,1-2,5,7-10H2,(H,19,24)(H,21,22). The molecule has 0 fully saturated rings. The Kier molecular flexibility index (Phi) is 4.02. The first-order valence-corrected chi connectivity index (χ1v) is 8.58. The summed E-state index contributed by atoms with van der Waals surface area (Å²) in [5, 5.41) is 10.2. The van der Waals surface area contributed by atoms with Gasteiger partial charge >= 0.3 is 0 Å². The van der Waals surface area contributed by atoms with Crippen LogP contribution in [0.15, 0.2) is 30.6 Å². The minimum absolute atomic E-state index is 0.0672. The molecule has 0 spiro atoms. The van der Waals surface area contributed by atoms with Crippen molar-refractivity contribution in [3.8, 4) is 0 Å². The van der Waals surface area contributed by atoms with E-state index in [2.05, 4.69) is 24.9 Å². The number of pyridine rings is 1. The van der Waals surface area contributed by atoms with Gasteiger partial charge in [-0.05, 0) is 44.2 Å². The Bertz CT molecular complexity index is 863. The minimum atomic E-state index is -0.0672. The van der Waals surface area contributed by atoms with E-state index < -0.39 is 0 Å². The fourth-order valence-corrected chi connectivity index (χ4v) is 3.39. The molecule has 124 valence electrons. The summed E-state index contributed by atoms with van der Waals surface area (Å²) in [6.07, 6.45) is 9.85. The van der Waals surface area contributed by atoms with E-state index >= 15 is 0 Å². The first-order valence-electron chi connectivity index (χ1n) is 8.58. The van der Waals surface area contributed by atoms with E-state index in [1.807, 2.05) is 30.6 Å². The van der Waals surface area contributed by atoms with E-state index in [4.69, 9.17) is 0 Å². The van der Waals surface area contributed by atoms with Gasteiger partial charge in [0.1, 0.15) is 5.82 Å². The molecular weight excluding hydrogens is 302 g/mol. The van der Waals surface area contributed by atoms with Gasteiger partial charge in [-0.1, -0.05) is 6.07 Å². The highest BCUT2D eigenvalue weighted by Crippen LogP contribution is 2.21. The van der Waals surface area contributed by atoms with Crippen molar-refractivity contribution in [2.75, 3.05) is 6.54 Å². The molecule has 24 heavy (non-hydrogen) atoms. The van der Waals surface area contributed by atoms with Gasteiger partial charge in [0.15, 0.2) is 5.69 Å². The van der Waals surface area contributed by atoms with Gasteiger partial charge in [0.2, 0.25) is 0 Å². The quantitative estimate of drug-likeness (QED) is 0.708. The SMILES string of the molecule is O=C(NCCCc1ncc2ccccn12)c1n[nH]c2c1CCCC2. The van der Waals surface area contributed by atoms with Crippen molar-refractivity contribution in [3.05, 3.63) is 53.4 Å². The number of aryl methyl sites for hydroxylation is 2. The zero-order chi connectivity index (χ0) is 16.4. The van der Waals surface area contributed by atoms with Gasteiger partial charge in [-0.2, -0.15) is 5.10 Å². The van der Waals surface area contributed by atoms with Crippen LogP contribution in [0.1, 0.15) is 46.8 Å². The van der Waals surface area contributed by atoms with E-state index in [1.54, 1.807) is 0 Å². The van der Waals surface area contributed by atoms with Crippen molar-refractivity contribution in [3.63, 3.8) is 0 Å². The molecule has 0 saturated carbocycles. The number of imidazole rings is 1. The van der Waals surface area contributed by atoms with Crippen LogP contribution in [0, 0.1) is 0 Å². The van der Waals surface area contributed by atoms with Crippen molar-refractivity contribution >= 4 is 11.4 Å². The molecule has 1 amide bonds. The van der Waals surface area contributed by atoms with Gasteiger partial charge in [-0.3, -0.25) is 9.89 Å². The molecule has 6 nitrogen and oxygen atoms in total. The highest BCUT2D eigenvalue weighted by atomic mass is 16.1. The molecule has 0 radical (unpaired) electrons. The molecule has 4 rings (SSSR count). The molecule has 6 heteroatoms. The Labute approximate surface area is 140 Å². The zero-order valence-electron chi connectivity index (χ0n) is 13.6. The van der Waals surface area contributed by atoms with Crippen LogP contribution in [-0.2, 0) is 19.3 Å². The topological polar surface area (TPSA) is 75.1 Å². The Morgan fingerprint density at radius 3 is 3.17 bits per heavy atom. The summed E-state index contributed by atoms with van der Waals surface area (Å²) in [7, 11) is 0. The van der Waals surface area contributed by atoms with Crippen LogP contribution in [0.4, 0.5) is 0 Å². The Balaban J connectivity index is 1.33. The van der Waals surface area contributed by atoms with Gasteiger partial charge in [0.05, 0.1) is 11.7 Å². The third-order valence-electron chi connectivity index (χ3n) is 4.65.